The minimum atomic E-state index is -0.504. The molecule has 1 aliphatic carbocycles. The van der Waals surface area contributed by atoms with E-state index in [1.54, 1.807) is 12.1 Å². The fourth-order valence-electron chi connectivity index (χ4n) is 2.24. The average molecular weight is 299 g/mol. The van der Waals surface area contributed by atoms with Crippen LogP contribution in [0.3, 0.4) is 0 Å². The Morgan fingerprint density at radius 3 is 2.59 bits per heavy atom. The Balaban J connectivity index is 1.62. The van der Waals surface area contributed by atoms with Gasteiger partial charge in [0, 0.05) is 17.6 Å². The Morgan fingerprint density at radius 1 is 1.23 bits per heavy atom. The number of amides is 1. The molecule has 0 aliphatic heterocycles. The molecule has 1 saturated carbocycles. The van der Waals surface area contributed by atoms with Gasteiger partial charge in [-0.25, -0.2) is 4.98 Å². The standard InChI is InChI=1S/C17H18FN3O/c1-11(19-16-4-2-3-15(18)21-16)12-7-9-14(10-8-12)20-17(22)13-5-6-13/h2-4,7-11,13H,5-6H2,1H3,(H,19,21)(H,20,22). The number of nitrogens with zero attached hydrogens (tertiary/aromatic N) is 1. The summed E-state index contributed by atoms with van der Waals surface area (Å²) in [6.07, 6.45) is 1.98. The summed E-state index contributed by atoms with van der Waals surface area (Å²) in [4.78, 5) is 15.5. The van der Waals surface area contributed by atoms with Crippen LogP contribution in [0.5, 0.6) is 0 Å². The van der Waals surface area contributed by atoms with Gasteiger partial charge in [0.15, 0.2) is 0 Å². The molecule has 22 heavy (non-hydrogen) atoms. The Bertz CT molecular complexity index is 668. The summed E-state index contributed by atoms with van der Waals surface area (Å²) < 4.78 is 13.1. The number of carbonyl (C=O) groups is 1. The zero-order valence-corrected chi connectivity index (χ0v) is 12.3. The van der Waals surface area contributed by atoms with Crippen LogP contribution in [-0.2, 0) is 4.79 Å². The summed E-state index contributed by atoms with van der Waals surface area (Å²) >= 11 is 0. The summed E-state index contributed by atoms with van der Waals surface area (Å²) in [5.74, 6) is 0.288. The van der Waals surface area contributed by atoms with Crippen LogP contribution < -0.4 is 10.6 Å². The fraction of sp³-hybridized carbons (Fsp3) is 0.294. The molecule has 0 saturated heterocycles. The zero-order valence-electron chi connectivity index (χ0n) is 12.3. The quantitative estimate of drug-likeness (QED) is 0.827. The molecule has 0 spiro atoms. The maximum absolute atomic E-state index is 13.1. The van der Waals surface area contributed by atoms with Crippen molar-refractivity contribution in [1.29, 1.82) is 0 Å². The van der Waals surface area contributed by atoms with Crippen molar-refractivity contribution < 1.29 is 9.18 Å². The van der Waals surface area contributed by atoms with Crippen LogP contribution in [0.1, 0.15) is 31.4 Å². The van der Waals surface area contributed by atoms with E-state index in [0.717, 1.165) is 24.1 Å². The van der Waals surface area contributed by atoms with Gasteiger partial charge in [0.1, 0.15) is 5.82 Å². The number of anilines is 2. The summed E-state index contributed by atoms with van der Waals surface area (Å²) in [7, 11) is 0. The first-order chi connectivity index (χ1) is 10.6. The number of rotatable bonds is 5. The molecule has 3 rings (SSSR count). The van der Waals surface area contributed by atoms with E-state index in [-0.39, 0.29) is 17.9 Å². The van der Waals surface area contributed by atoms with E-state index in [0.29, 0.717) is 5.82 Å². The molecule has 4 nitrogen and oxygen atoms in total. The average Bonchev–Trinajstić information content (AvgIpc) is 3.32. The van der Waals surface area contributed by atoms with Gasteiger partial charge in [0.25, 0.3) is 0 Å². The van der Waals surface area contributed by atoms with Crippen LogP contribution in [0.25, 0.3) is 0 Å². The van der Waals surface area contributed by atoms with E-state index in [1.807, 2.05) is 31.2 Å². The van der Waals surface area contributed by atoms with Gasteiger partial charge in [-0.2, -0.15) is 4.39 Å². The van der Waals surface area contributed by atoms with Crippen LogP contribution in [0.15, 0.2) is 42.5 Å². The first-order valence-corrected chi connectivity index (χ1v) is 7.42. The number of hydrogen-bond acceptors (Lipinski definition) is 3. The number of aromatic nitrogens is 1. The normalized spacial score (nSPS) is 15.2. The summed E-state index contributed by atoms with van der Waals surface area (Å²) in [6, 6.07) is 12.3. The highest BCUT2D eigenvalue weighted by Gasteiger charge is 2.29. The van der Waals surface area contributed by atoms with Crippen molar-refractivity contribution in [1.82, 2.24) is 4.98 Å². The van der Waals surface area contributed by atoms with Crippen molar-refractivity contribution in [3.63, 3.8) is 0 Å². The largest absolute Gasteiger partial charge is 0.363 e. The minimum Gasteiger partial charge on any atom is -0.363 e. The number of hydrogen-bond donors (Lipinski definition) is 2. The second-order valence-corrected chi connectivity index (χ2v) is 5.60. The second-order valence-electron chi connectivity index (χ2n) is 5.60. The van der Waals surface area contributed by atoms with Crippen LogP contribution in [0.2, 0.25) is 0 Å². The molecule has 1 fully saturated rings. The third kappa shape index (κ3) is 3.61. The number of carbonyl (C=O) groups excluding carboxylic acids is 1. The van der Waals surface area contributed by atoms with Crippen molar-refractivity contribution in [3.8, 4) is 0 Å². The zero-order chi connectivity index (χ0) is 15.5. The van der Waals surface area contributed by atoms with Gasteiger partial charge in [-0.3, -0.25) is 4.79 Å². The van der Waals surface area contributed by atoms with Crippen molar-refractivity contribution in [2.75, 3.05) is 10.6 Å². The number of benzene rings is 1. The summed E-state index contributed by atoms with van der Waals surface area (Å²) in [5, 5.41) is 6.05. The van der Waals surface area contributed by atoms with E-state index in [4.69, 9.17) is 0 Å². The Kier molecular flexibility index (Phi) is 4.04. The molecule has 1 aliphatic rings. The first kappa shape index (κ1) is 14.5. The fourth-order valence-corrected chi connectivity index (χ4v) is 2.24. The van der Waals surface area contributed by atoms with Crippen LogP contribution in [0, 0.1) is 11.9 Å². The van der Waals surface area contributed by atoms with Gasteiger partial charge >= 0.3 is 0 Å². The monoisotopic (exact) mass is 299 g/mol. The third-order valence-electron chi connectivity index (χ3n) is 3.71. The molecule has 1 unspecified atom stereocenters. The number of nitrogens with one attached hydrogen (secondary N) is 2. The van der Waals surface area contributed by atoms with Crippen molar-refractivity contribution in [2.45, 2.75) is 25.8 Å². The highest BCUT2D eigenvalue weighted by Crippen LogP contribution is 2.30. The van der Waals surface area contributed by atoms with Crippen molar-refractivity contribution >= 4 is 17.4 Å². The molecule has 1 atom stereocenters. The molecule has 0 radical (unpaired) electrons. The molecule has 1 heterocycles. The smallest absolute Gasteiger partial charge is 0.227 e. The lowest BCUT2D eigenvalue weighted by molar-refractivity contribution is -0.117. The summed E-state index contributed by atoms with van der Waals surface area (Å²) in [5.41, 5.74) is 1.84. The van der Waals surface area contributed by atoms with Gasteiger partial charge in [-0.1, -0.05) is 18.2 Å². The van der Waals surface area contributed by atoms with Gasteiger partial charge in [-0.05, 0) is 49.6 Å². The van der Waals surface area contributed by atoms with E-state index in [2.05, 4.69) is 15.6 Å². The maximum Gasteiger partial charge on any atom is 0.227 e. The van der Waals surface area contributed by atoms with Crippen LogP contribution in [-0.4, -0.2) is 10.9 Å². The van der Waals surface area contributed by atoms with Gasteiger partial charge in [0.05, 0.1) is 0 Å². The van der Waals surface area contributed by atoms with Crippen molar-refractivity contribution in [3.05, 3.63) is 54.0 Å². The molecule has 2 aromatic rings. The molecule has 0 bridgehead atoms. The van der Waals surface area contributed by atoms with E-state index >= 15 is 0 Å². The third-order valence-corrected chi connectivity index (χ3v) is 3.71. The molecular formula is C17H18FN3O. The van der Waals surface area contributed by atoms with Gasteiger partial charge < -0.3 is 10.6 Å². The lowest BCUT2D eigenvalue weighted by Gasteiger charge is -2.15. The van der Waals surface area contributed by atoms with Crippen LogP contribution in [0.4, 0.5) is 15.9 Å². The van der Waals surface area contributed by atoms with E-state index < -0.39 is 5.95 Å². The van der Waals surface area contributed by atoms with Gasteiger partial charge in [-0.15, -0.1) is 0 Å². The first-order valence-electron chi connectivity index (χ1n) is 7.42. The van der Waals surface area contributed by atoms with Gasteiger partial charge in [0.2, 0.25) is 11.9 Å². The predicted molar refractivity (Wildman–Crippen MR) is 84.0 cm³/mol. The molecule has 1 amide bonds. The number of pyridine rings is 1. The Hall–Kier alpha value is -2.43. The Morgan fingerprint density at radius 2 is 1.95 bits per heavy atom. The molecular weight excluding hydrogens is 281 g/mol. The lowest BCUT2D eigenvalue weighted by Crippen LogP contribution is -2.13. The highest BCUT2D eigenvalue weighted by molar-refractivity contribution is 5.94. The minimum absolute atomic E-state index is 0.0116. The Labute approximate surface area is 128 Å². The van der Waals surface area contributed by atoms with E-state index in [9.17, 15) is 9.18 Å². The molecule has 1 aromatic heterocycles. The lowest BCUT2D eigenvalue weighted by atomic mass is 10.1. The summed E-state index contributed by atoms with van der Waals surface area (Å²) in [6.45, 7) is 1.98. The second kappa shape index (κ2) is 6.13. The highest BCUT2D eigenvalue weighted by atomic mass is 19.1. The number of halogens is 1. The predicted octanol–water partition coefficient (Wildman–Crippen LogP) is 3.74. The van der Waals surface area contributed by atoms with Crippen LogP contribution >= 0.6 is 0 Å². The molecule has 1 aromatic carbocycles. The topological polar surface area (TPSA) is 54.0 Å². The molecule has 2 N–H and O–H groups in total. The SMILES string of the molecule is CC(Nc1cccc(F)n1)c1ccc(NC(=O)C2CC2)cc1. The molecule has 5 heteroatoms. The van der Waals surface area contributed by atoms with E-state index in [1.165, 1.54) is 6.07 Å². The van der Waals surface area contributed by atoms with Crippen molar-refractivity contribution in [2.24, 2.45) is 5.92 Å². The molecule has 114 valence electrons. The maximum atomic E-state index is 13.1.